The van der Waals surface area contributed by atoms with Crippen LogP contribution >= 0.6 is 11.6 Å². The van der Waals surface area contributed by atoms with Crippen molar-refractivity contribution in [3.05, 3.63) is 45.4 Å². The van der Waals surface area contributed by atoms with E-state index in [2.05, 4.69) is 15.6 Å². The molecule has 0 N–H and O–H groups in total. The van der Waals surface area contributed by atoms with Gasteiger partial charge >= 0.3 is 0 Å². The predicted molar refractivity (Wildman–Crippen MR) is 93.6 cm³/mol. The molecule has 1 fully saturated rings. The molecule has 0 spiro atoms. The van der Waals surface area contributed by atoms with Gasteiger partial charge in [0.05, 0.1) is 15.7 Å². The summed E-state index contributed by atoms with van der Waals surface area (Å²) in [6.07, 6.45) is 5.20. The van der Waals surface area contributed by atoms with E-state index in [4.69, 9.17) is 11.6 Å². The van der Waals surface area contributed by atoms with Gasteiger partial charge in [0.1, 0.15) is 11.5 Å². The van der Waals surface area contributed by atoms with Gasteiger partial charge in [-0.25, -0.2) is 4.39 Å². The molecule has 1 aromatic carbocycles. The van der Waals surface area contributed by atoms with Crippen molar-refractivity contribution in [2.24, 2.45) is 4.99 Å². The number of benzene rings is 1. The Morgan fingerprint density at radius 3 is 2.84 bits per heavy atom. The highest BCUT2D eigenvalue weighted by molar-refractivity contribution is 6.31. The number of amides is 1. The van der Waals surface area contributed by atoms with Crippen LogP contribution in [0, 0.1) is 5.82 Å². The number of rotatable bonds is 2. The molecule has 2 aromatic rings. The maximum Gasteiger partial charge on any atom is 0.271 e. The summed E-state index contributed by atoms with van der Waals surface area (Å²) in [5, 5.41) is 1.92. The minimum atomic E-state index is -0.457. The van der Waals surface area contributed by atoms with Crippen LogP contribution in [0.4, 0.5) is 4.39 Å². The molecule has 1 aliphatic carbocycles. The van der Waals surface area contributed by atoms with Gasteiger partial charge < -0.3 is 9.47 Å². The number of fused-ring (bicyclic) bond motifs is 3. The van der Waals surface area contributed by atoms with Crippen LogP contribution in [-0.2, 0) is 6.54 Å². The van der Waals surface area contributed by atoms with Gasteiger partial charge in [-0.2, -0.15) is 0 Å². The second kappa shape index (κ2) is 5.43. The summed E-state index contributed by atoms with van der Waals surface area (Å²) in [7, 11) is 0. The second-order valence-electron chi connectivity index (χ2n) is 6.84. The summed E-state index contributed by atoms with van der Waals surface area (Å²) in [6, 6.07) is 5.01. The molecular weight excluding hydrogens is 341 g/mol. The fraction of sp³-hybridized carbons (Fsp3) is 0.368. The fourth-order valence-corrected chi connectivity index (χ4v) is 4.11. The highest BCUT2D eigenvalue weighted by Crippen LogP contribution is 2.33. The second-order valence-corrected chi connectivity index (χ2v) is 7.25. The lowest BCUT2D eigenvalue weighted by molar-refractivity contribution is 0.0690. The van der Waals surface area contributed by atoms with E-state index in [1.165, 1.54) is 6.07 Å². The molecule has 3 heterocycles. The Morgan fingerprint density at radius 2 is 2.08 bits per heavy atom. The summed E-state index contributed by atoms with van der Waals surface area (Å²) in [5.74, 6) is -0.399. The molecule has 0 bridgehead atoms. The molecule has 0 saturated heterocycles. The van der Waals surface area contributed by atoms with Gasteiger partial charge in [-0.3, -0.25) is 9.79 Å². The molecule has 2 aliphatic heterocycles. The van der Waals surface area contributed by atoms with Crippen molar-refractivity contribution in [2.45, 2.75) is 31.8 Å². The van der Waals surface area contributed by atoms with Gasteiger partial charge in [0.2, 0.25) is 0 Å². The molecule has 0 atom stereocenters. The van der Waals surface area contributed by atoms with Crippen molar-refractivity contribution in [3.8, 4) is 11.1 Å². The topological polar surface area (TPSA) is 37.6 Å². The first kappa shape index (κ1) is 15.1. The Labute approximate surface area is 149 Å². The number of carbonyl (C=O) groups is 1. The third-order valence-electron chi connectivity index (χ3n) is 5.24. The van der Waals surface area contributed by atoms with Gasteiger partial charge in [0.25, 0.3) is 5.91 Å². The molecule has 3 aliphatic rings. The van der Waals surface area contributed by atoms with Crippen molar-refractivity contribution < 1.29 is 9.18 Å². The molecule has 1 amide bonds. The zero-order chi connectivity index (χ0) is 17.1. The first-order valence-corrected chi connectivity index (χ1v) is 9.06. The lowest BCUT2D eigenvalue weighted by atomic mass is 10.0. The van der Waals surface area contributed by atoms with Crippen LogP contribution < -0.4 is 10.7 Å². The molecule has 6 heteroatoms. The quantitative estimate of drug-likeness (QED) is 0.813. The summed E-state index contributed by atoms with van der Waals surface area (Å²) in [4.78, 5) is 19.9. The lowest BCUT2D eigenvalue weighted by Crippen LogP contribution is -2.44. The summed E-state index contributed by atoms with van der Waals surface area (Å²) >= 11 is 6.01. The van der Waals surface area contributed by atoms with E-state index >= 15 is 0 Å². The molecule has 1 aromatic heterocycles. The van der Waals surface area contributed by atoms with E-state index in [0.717, 1.165) is 54.2 Å². The number of carbonyl (C=O) groups excluding carboxylic acids is 1. The Bertz CT molecular complexity index is 1020. The normalized spacial score (nSPS) is 19.1. The number of hydrogen-bond acceptors (Lipinski definition) is 2. The van der Waals surface area contributed by atoms with Crippen molar-refractivity contribution >= 4 is 23.6 Å². The maximum atomic E-state index is 13.6. The first-order chi connectivity index (χ1) is 12.1. The zero-order valence-corrected chi connectivity index (χ0v) is 14.4. The maximum absolute atomic E-state index is 13.6. The van der Waals surface area contributed by atoms with Gasteiger partial charge in [0.15, 0.2) is 0 Å². The smallest absolute Gasteiger partial charge is 0.271 e. The Balaban J connectivity index is 1.80. The van der Waals surface area contributed by atoms with Crippen molar-refractivity contribution in [3.63, 3.8) is 0 Å². The van der Waals surface area contributed by atoms with E-state index in [0.29, 0.717) is 18.3 Å². The third kappa shape index (κ3) is 2.25. The molecule has 5 rings (SSSR count). The molecule has 1 saturated carbocycles. The third-order valence-corrected chi connectivity index (χ3v) is 5.53. The first-order valence-electron chi connectivity index (χ1n) is 8.68. The van der Waals surface area contributed by atoms with Crippen LogP contribution in [0.2, 0.25) is 5.02 Å². The van der Waals surface area contributed by atoms with Crippen molar-refractivity contribution in [1.29, 1.82) is 0 Å². The van der Waals surface area contributed by atoms with Crippen LogP contribution in [0.25, 0.3) is 17.2 Å². The van der Waals surface area contributed by atoms with Gasteiger partial charge in [-0.15, -0.1) is 0 Å². The van der Waals surface area contributed by atoms with Crippen molar-refractivity contribution in [2.75, 3.05) is 13.1 Å². The van der Waals surface area contributed by atoms with Gasteiger partial charge in [-0.05, 0) is 37.0 Å². The lowest BCUT2D eigenvalue weighted by Gasteiger charge is -2.29. The minimum absolute atomic E-state index is 0.0576. The number of hydrogen-bond donors (Lipinski definition) is 0. The van der Waals surface area contributed by atoms with Gasteiger partial charge in [0, 0.05) is 31.2 Å². The van der Waals surface area contributed by atoms with Crippen LogP contribution in [0.15, 0.2) is 23.2 Å². The zero-order valence-electron chi connectivity index (χ0n) is 13.6. The largest absolute Gasteiger partial charge is 0.333 e. The number of aromatic nitrogens is 1. The monoisotopic (exact) mass is 357 g/mol. The minimum Gasteiger partial charge on any atom is -0.333 e. The number of halogens is 2. The van der Waals surface area contributed by atoms with Crippen molar-refractivity contribution in [1.82, 2.24) is 9.47 Å². The van der Waals surface area contributed by atoms with Crippen LogP contribution in [0.3, 0.4) is 0 Å². The fourth-order valence-electron chi connectivity index (χ4n) is 3.93. The van der Waals surface area contributed by atoms with E-state index < -0.39 is 5.82 Å². The molecule has 0 unspecified atom stereocenters. The van der Waals surface area contributed by atoms with E-state index in [1.54, 1.807) is 12.1 Å². The van der Waals surface area contributed by atoms with Crippen LogP contribution in [-0.4, -0.2) is 34.5 Å². The average molecular weight is 358 g/mol. The molecule has 128 valence electrons. The summed E-state index contributed by atoms with van der Waals surface area (Å²) in [5.41, 5.74) is 2.22. The van der Waals surface area contributed by atoms with E-state index in [1.807, 2.05) is 4.90 Å². The highest BCUT2D eigenvalue weighted by Gasteiger charge is 2.38. The Hall–Kier alpha value is -2.14. The van der Waals surface area contributed by atoms with E-state index in [9.17, 15) is 9.18 Å². The van der Waals surface area contributed by atoms with E-state index in [-0.39, 0.29) is 10.9 Å². The summed E-state index contributed by atoms with van der Waals surface area (Å²) in [6.45, 7) is 2.23. The van der Waals surface area contributed by atoms with Crippen LogP contribution in [0.5, 0.6) is 0 Å². The average Bonchev–Trinajstić information content (AvgIpc) is 3.40. The predicted octanol–water partition coefficient (Wildman–Crippen LogP) is 2.37. The van der Waals surface area contributed by atoms with Crippen LogP contribution in [0.1, 0.15) is 29.8 Å². The molecule has 4 nitrogen and oxygen atoms in total. The standard InChI is InChI=1S/C19H17ClFN3O/c20-13-10-11(3-6-14(13)21)16-17-15(2-1-7-22-17)24-9-8-23(12-4-5-12)19(25)18(16)24/h2-3,6,10,12H,1,4-5,7-9H2. The Morgan fingerprint density at radius 1 is 1.24 bits per heavy atom. The molecular formula is C19H17ClFN3O. The van der Waals surface area contributed by atoms with Gasteiger partial charge in [-0.1, -0.05) is 23.7 Å². The Kier molecular flexibility index (Phi) is 3.29. The highest BCUT2D eigenvalue weighted by atomic mass is 35.5. The molecule has 25 heavy (non-hydrogen) atoms. The molecule has 0 radical (unpaired) electrons. The number of nitrogens with zero attached hydrogens (tertiary/aromatic N) is 3. The summed E-state index contributed by atoms with van der Waals surface area (Å²) < 4.78 is 15.7. The SMILES string of the molecule is O=C1c2c(-c3ccc(F)c(Cl)c3)c3c(n2CCN1C1CC1)=CCCN=3.